The third-order valence-corrected chi connectivity index (χ3v) is 1.74. The number of aromatic nitrogens is 4. The van der Waals surface area contributed by atoms with E-state index in [0.29, 0.717) is 0 Å². The van der Waals surface area contributed by atoms with Crippen LogP contribution in [-0.4, -0.2) is 20.2 Å². The van der Waals surface area contributed by atoms with Gasteiger partial charge in [-0.3, -0.25) is 0 Å². The molecule has 0 fully saturated rings. The van der Waals surface area contributed by atoms with Crippen LogP contribution in [-0.2, 0) is 6.42 Å². The Morgan fingerprint density at radius 1 is 1.42 bits per heavy atom. The lowest BCUT2D eigenvalue weighted by Crippen LogP contribution is -1.92. The molecule has 2 rings (SSSR count). The second kappa shape index (κ2) is 2.89. The molecule has 0 aromatic carbocycles. The standard InChI is InChI=1S/C8H10N4/c1-2-3-6-4-7-8(12-11-6)10-5-9-7/h4-5H,2-3H2,1H3,(H,9,10,12). The minimum absolute atomic E-state index is 0.759. The van der Waals surface area contributed by atoms with Crippen molar-refractivity contribution < 1.29 is 0 Å². The van der Waals surface area contributed by atoms with Gasteiger partial charge in [0.25, 0.3) is 0 Å². The molecule has 2 aromatic rings. The van der Waals surface area contributed by atoms with Crippen LogP contribution in [0.15, 0.2) is 12.4 Å². The normalized spacial score (nSPS) is 10.8. The van der Waals surface area contributed by atoms with E-state index in [1.807, 2.05) is 6.07 Å². The number of imidazole rings is 1. The zero-order chi connectivity index (χ0) is 8.39. The molecule has 2 aromatic heterocycles. The van der Waals surface area contributed by atoms with Gasteiger partial charge < -0.3 is 4.98 Å². The fourth-order valence-corrected chi connectivity index (χ4v) is 1.16. The van der Waals surface area contributed by atoms with Gasteiger partial charge in [0.1, 0.15) is 5.52 Å². The van der Waals surface area contributed by atoms with Crippen molar-refractivity contribution in [3.63, 3.8) is 0 Å². The summed E-state index contributed by atoms with van der Waals surface area (Å²) in [4.78, 5) is 7.01. The average molecular weight is 162 g/mol. The molecule has 0 aliphatic heterocycles. The first-order valence-corrected chi connectivity index (χ1v) is 4.06. The zero-order valence-corrected chi connectivity index (χ0v) is 6.91. The number of rotatable bonds is 2. The maximum Gasteiger partial charge on any atom is 0.179 e. The van der Waals surface area contributed by atoms with Crippen molar-refractivity contribution >= 4 is 11.2 Å². The van der Waals surface area contributed by atoms with Crippen LogP contribution in [0.3, 0.4) is 0 Å². The number of hydrogen-bond acceptors (Lipinski definition) is 3. The van der Waals surface area contributed by atoms with Crippen LogP contribution in [0.2, 0.25) is 0 Å². The van der Waals surface area contributed by atoms with Crippen molar-refractivity contribution in [1.82, 2.24) is 20.2 Å². The summed E-state index contributed by atoms with van der Waals surface area (Å²) in [6, 6.07) is 1.97. The van der Waals surface area contributed by atoms with Crippen LogP contribution in [0.1, 0.15) is 19.0 Å². The molecule has 0 spiro atoms. The van der Waals surface area contributed by atoms with E-state index in [1.54, 1.807) is 6.33 Å². The molecular formula is C8H10N4. The summed E-state index contributed by atoms with van der Waals surface area (Å²) in [6.45, 7) is 2.12. The number of nitrogens with zero attached hydrogens (tertiary/aromatic N) is 3. The van der Waals surface area contributed by atoms with Gasteiger partial charge in [0.05, 0.1) is 12.0 Å². The number of fused-ring (bicyclic) bond motifs is 1. The van der Waals surface area contributed by atoms with Gasteiger partial charge in [-0.2, -0.15) is 5.10 Å². The van der Waals surface area contributed by atoms with Gasteiger partial charge in [0, 0.05) is 0 Å². The van der Waals surface area contributed by atoms with Crippen LogP contribution in [0, 0.1) is 0 Å². The highest BCUT2D eigenvalue weighted by atomic mass is 15.1. The van der Waals surface area contributed by atoms with Gasteiger partial charge in [0.15, 0.2) is 5.65 Å². The molecule has 0 aliphatic rings. The molecule has 0 atom stereocenters. The quantitative estimate of drug-likeness (QED) is 0.724. The van der Waals surface area contributed by atoms with Crippen LogP contribution in [0.4, 0.5) is 0 Å². The third-order valence-electron chi connectivity index (χ3n) is 1.74. The molecule has 4 nitrogen and oxygen atoms in total. The van der Waals surface area contributed by atoms with E-state index >= 15 is 0 Å². The number of H-pyrrole nitrogens is 1. The summed E-state index contributed by atoms with van der Waals surface area (Å²) in [7, 11) is 0. The summed E-state index contributed by atoms with van der Waals surface area (Å²) in [5.41, 5.74) is 2.67. The van der Waals surface area contributed by atoms with Crippen LogP contribution < -0.4 is 0 Å². The number of aromatic amines is 1. The molecule has 0 bridgehead atoms. The van der Waals surface area contributed by atoms with Crippen LogP contribution in [0.5, 0.6) is 0 Å². The average Bonchev–Trinajstić information content (AvgIpc) is 2.51. The van der Waals surface area contributed by atoms with E-state index in [9.17, 15) is 0 Å². The molecule has 0 aliphatic carbocycles. The van der Waals surface area contributed by atoms with Gasteiger partial charge in [-0.15, -0.1) is 5.10 Å². The Bertz CT molecular complexity index is 379. The lowest BCUT2D eigenvalue weighted by atomic mass is 10.2. The Hall–Kier alpha value is -1.45. The largest absolute Gasteiger partial charge is 0.328 e. The lowest BCUT2D eigenvalue weighted by Gasteiger charge is -1.94. The highest BCUT2D eigenvalue weighted by molar-refractivity contribution is 5.68. The van der Waals surface area contributed by atoms with Crippen molar-refractivity contribution in [2.75, 3.05) is 0 Å². The fourth-order valence-electron chi connectivity index (χ4n) is 1.16. The Morgan fingerprint density at radius 3 is 3.17 bits per heavy atom. The first-order chi connectivity index (χ1) is 5.90. The maximum atomic E-state index is 4.10. The Balaban J connectivity index is 2.46. The third kappa shape index (κ3) is 1.15. The Kier molecular flexibility index (Phi) is 1.74. The van der Waals surface area contributed by atoms with Crippen LogP contribution in [0.25, 0.3) is 11.2 Å². The van der Waals surface area contributed by atoms with E-state index in [2.05, 4.69) is 27.1 Å². The minimum atomic E-state index is 0.759. The summed E-state index contributed by atoms with van der Waals surface area (Å²) in [5, 5.41) is 8.04. The Labute approximate surface area is 70.0 Å². The zero-order valence-electron chi connectivity index (χ0n) is 6.91. The van der Waals surface area contributed by atoms with E-state index in [1.165, 1.54) is 0 Å². The monoisotopic (exact) mass is 162 g/mol. The summed E-state index contributed by atoms with van der Waals surface area (Å²) in [6.07, 6.45) is 3.69. The van der Waals surface area contributed by atoms with Gasteiger partial charge in [-0.05, 0) is 12.5 Å². The molecule has 4 heteroatoms. The molecule has 0 radical (unpaired) electrons. The number of hydrogen-bond donors (Lipinski definition) is 1. The molecule has 62 valence electrons. The molecule has 0 amide bonds. The molecule has 1 N–H and O–H groups in total. The predicted octanol–water partition coefficient (Wildman–Crippen LogP) is 1.31. The van der Waals surface area contributed by atoms with E-state index in [0.717, 1.165) is 29.7 Å². The highest BCUT2D eigenvalue weighted by Gasteiger charge is 1.99. The number of aryl methyl sites for hydroxylation is 1. The van der Waals surface area contributed by atoms with E-state index in [-0.39, 0.29) is 0 Å². The molecule has 0 saturated carbocycles. The topological polar surface area (TPSA) is 54.5 Å². The highest BCUT2D eigenvalue weighted by Crippen LogP contribution is 2.06. The summed E-state index contributed by atoms with van der Waals surface area (Å²) in [5.74, 6) is 0. The first-order valence-electron chi connectivity index (χ1n) is 4.06. The second-order valence-corrected chi connectivity index (χ2v) is 2.72. The molecule has 0 saturated heterocycles. The second-order valence-electron chi connectivity index (χ2n) is 2.72. The first kappa shape index (κ1) is 7.21. The van der Waals surface area contributed by atoms with Crippen molar-refractivity contribution in [2.45, 2.75) is 19.8 Å². The number of nitrogens with one attached hydrogen (secondary N) is 1. The SMILES string of the molecule is CCCc1cc2nc[nH]c2nn1. The lowest BCUT2D eigenvalue weighted by molar-refractivity contribution is 0.848. The van der Waals surface area contributed by atoms with Gasteiger partial charge in [-0.1, -0.05) is 13.3 Å². The summed E-state index contributed by atoms with van der Waals surface area (Å²) >= 11 is 0. The Morgan fingerprint density at radius 2 is 2.33 bits per heavy atom. The molecule has 12 heavy (non-hydrogen) atoms. The van der Waals surface area contributed by atoms with Crippen molar-refractivity contribution in [1.29, 1.82) is 0 Å². The van der Waals surface area contributed by atoms with E-state index in [4.69, 9.17) is 0 Å². The van der Waals surface area contributed by atoms with Crippen LogP contribution >= 0.6 is 0 Å². The molecular weight excluding hydrogens is 152 g/mol. The van der Waals surface area contributed by atoms with E-state index < -0.39 is 0 Å². The predicted molar refractivity (Wildman–Crippen MR) is 45.7 cm³/mol. The van der Waals surface area contributed by atoms with Crippen molar-refractivity contribution in [3.8, 4) is 0 Å². The van der Waals surface area contributed by atoms with Crippen molar-refractivity contribution in [2.24, 2.45) is 0 Å². The summed E-state index contributed by atoms with van der Waals surface area (Å²) < 4.78 is 0. The van der Waals surface area contributed by atoms with Gasteiger partial charge >= 0.3 is 0 Å². The molecule has 2 heterocycles. The fraction of sp³-hybridized carbons (Fsp3) is 0.375. The smallest absolute Gasteiger partial charge is 0.179 e. The molecule has 0 unspecified atom stereocenters. The van der Waals surface area contributed by atoms with Gasteiger partial charge in [0.2, 0.25) is 0 Å². The van der Waals surface area contributed by atoms with Gasteiger partial charge in [-0.25, -0.2) is 4.98 Å². The maximum absolute atomic E-state index is 4.10. The minimum Gasteiger partial charge on any atom is -0.328 e. The van der Waals surface area contributed by atoms with Crippen molar-refractivity contribution in [3.05, 3.63) is 18.1 Å².